The maximum Gasteiger partial charge on any atom is 0.270 e. The fourth-order valence-corrected chi connectivity index (χ4v) is 3.67. The third-order valence-electron chi connectivity index (χ3n) is 5.32. The summed E-state index contributed by atoms with van der Waals surface area (Å²) in [5.74, 6) is -0.438. The minimum Gasteiger partial charge on any atom is -0.354 e. The van der Waals surface area contributed by atoms with Crippen molar-refractivity contribution in [2.45, 2.75) is 6.54 Å². The normalized spacial score (nSPS) is 13.2. The zero-order valence-electron chi connectivity index (χ0n) is 18.8. The van der Waals surface area contributed by atoms with E-state index in [9.17, 15) is 19.7 Å². The second-order valence-corrected chi connectivity index (χ2v) is 7.69. The van der Waals surface area contributed by atoms with Gasteiger partial charge in [-0.2, -0.15) is 0 Å². The molecule has 3 aromatic carbocycles. The molecule has 0 unspecified atom stereocenters. The van der Waals surface area contributed by atoms with Crippen LogP contribution in [0.5, 0.6) is 0 Å². The predicted octanol–water partition coefficient (Wildman–Crippen LogP) is 3.78. The summed E-state index contributed by atoms with van der Waals surface area (Å²) in [4.78, 5) is 35.4. The molecule has 0 bridgehead atoms. The van der Waals surface area contributed by atoms with Crippen molar-refractivity contribution in [2.75, 3.05) is 24.2 Å². The molecule has 180 valence electrons. The highest BCUT2D eigenvalue weighted by atomic mass is 35.5. The quantitative estimate of drug-likeness (QED) is 0.215. The Morgan fingerprint density at radius 2 is 1.74 bits per heavy atom. The van der Waals surface area contributed by atoms with E-state index < -0.39 is 4.92 Å². The first kappa shape index (κ1) is 25.4. The van der Waals surface area contributed by atoms with E-state index in [0.29, 0.717) is 29.1 Å². The number of nitrogens with zero attached hydrogens (tertiary/aromatic N) is 1. The Kier molecular flexibility index (Phi) is 8.19. The summed E-state index contributed by atoms with van der Waals surface area (Å²) < 4.78 is 0. The Bertz CT molecular complexity index is 1280. The number of nitro benzene ring substituents is 1. The first-order valence-electron chi connectivity index (χ1n) is 10.6. The molecule has 2 amide bonds. The molecule has 4 N–H and O–H groups in total. The number of hydrogen-bond acceptors (Lipinski definition) is 6. The Balaban J connectivity index is 0.00000342. The summed E-state index contributed by atoms with van der Waals surface area (Å²) in [7, 11) is 1.71. The highest BCUT2D eigenvalue weighted by Crippen LogP contribution is 2.39. The van der Waals surface area contributed by atoms with Gasteiger partial charge in [0.2, 0.25) is 5.91 Å². The van der Waals surface area contributed by atoms with Crippen LogP contribution < -0.4 is 21.3 Å². The fraction of sp³-hybridized carbons (Fsp3) is 0.120. The highest BCUT2D eigenvalue weighted by molar-refractivity contribution is 6.37. The average molecular weight is 494 g/mol. The van der Waals surface area contributed by atoms with E-state index >= 15 is 0 Å². The van der Waals surface area contributed by atoms with Gasteiger partial charge < -0.3 is 21.3 Å². The number of carbonyl (C=O) groups is 2. The van der Waals surface area contributed by atoms with Gasteiger partial charge in [0.25, 0.3) is 11.6 Å². The Morgan fingerprint density at radius 3 is 2.40 bits per heavy atom. The minimum absolute atomic E-state index is 0. The SMILES string of the molecule is CNCC(=O)NCc1ccc(NC(=C2C(=O)Nc3ccc([N+](=O)[O-])cc32)c2ccccc2)cc1.Cl. The molecule has 1 heterocycles. The van der Waals surface area contributed by atoms with Crippen LogP contribution in [0.3, 0.4) is 0 Å². The van der Waals surface area contributed by atoms with Crippen LogP contribution in [0.1, 0.15) is 16.7 Å². The van der Waals surface area contributed by atoms with Gasteiger partial charge in [-0.15, -0.1) is 12.4 Å². The number of likely N-dealkylation sites (N-methyl/N-ethyl adjacent to an activating group) is 1. The van der Waals surface area contributed by atoms with E-state index in [-0.39, 0.29) is 36.5 Å². The van der Waals surface area contributed by atoms with Crippen molar-refractivity contribution in [1.29, 1.82) is 0 Å². The topological polar surface area (TPSA) is 125 Å². The van der Waals surface area contributed by atoms with Crippen molar-refractivity contribution in [3.8, 4) is 0 Å². The van der Waals surface area contributed by atoms with Crippen LogP contribution in [0.2, 0.25) is 0 Å². The monoisotopic (exact) mass is 493 g/mol. The van der Waals surface area contributed by atoms with Gasteiger partial charge in [0.05, 0.1) is 22.7 Å². The largest absolute Gasteiger partial charge is 0.354 e. The van der Waals surface area contributed by atoms with Crippen molar-refractivity contribution in [3.63, 3.8) is 0 Å². The van der Waals surface area contributed by atoms with Crippen molar-refractivity contribution in [1.82, 2.24) is 10.6 Å². The van der Waals surface area contributed by atoms with E-state index in [0.717, 1.165) is 16.8 Å². The van der Waals surface area contributed by atoms with E-state index in [1.54, 1.807) is 7.05 Å². The number of amides is 2. The molecule has 0 spiro atoms. The lowest BCUT2D eigenvalue weighted by Gasteiger charge is -2.15. The number of hydrogen-bond donors (Lipinski definition) is 4. The lowest BCUT2D eigenvalue weighted by molar-refractivity contribution is -0.384. The van der Waals surface area contributed by atoms with Crippen LogP contribution in [0.25, 0.3) is 11.3 Å². The molecule has 0 aromatic heterocycles. The number of halogens is 1. The van der Waals surface area contributed by atoms with E-state index in [4.69, 9.17) is 0 Å². The third kappa shape index (κ3) is 5.84. The van der Waals surface area contributed by atoms with Crippen LogP contribution in [0.15, 0.2) is 72.8 Å². The van der Waals surface area contributed by atoms with Crippen LogP contribution in [0.4, 0.5) is 17.1 Å². The van der Waals surface area contributed by atoms with Crippen molar-refractivity contribution >= 4 is 52.6 Å². The van der Waals surface area contributed by atoms with Crippen LogP contribution in [0, 0.1) is 10.1 Å². The van der Waals surface area contributed by atoms with E-state index in [1.807, 2.05) is 54.6 Å². The number of nitrogens with one attached hydrogen (secondary N) is 4. The van der Waals surface area contributed by atoms with Gasteiger partial charge in [0, 0.05) is 35.6 Å². The predicted molar refractivity (Wildman–Crippen MR) is 138 cm³/mol. The number of anilines is 2. The minimum atomic E-state index is -0.482. The molecule has 3 aromatic rings. The smallest absolute Gasteiger partial charge is 0.270 e. The third-order valence-corrected chi connectivity index (χ3v) is 5.32. The molecule has 0 atom stereocenters. The number of carbonyl (C=O) groups excluding carboxylic acids is 2. The number of fused-ring (bicyclic) bond motifs is 1. The Labute approximate surface area is 208 Å². The zero-order chi connectivity index (χ0) is 24.1. The molecule has 9 nitrogen and oxygen atoms in total. The summed E-state index contributed by atoms with van der Waals surface area (Å²) in [6, 6.07) is 21.1. The summed E-state index contributed by atoms with van der Waals surface area (Å²) in [5.41, 5.74) is 4.16. The maximum atomic E-state index is 12.9. The number of nitro groups is 1. The molecule has 0 radical (unpaired) electrons. The van der Waals surface area contributed by atoms with Crippen molar-refractivity contribution < 1.29 is 14.5 Å². The number of benzene rings is 3. The second-order valence-electron chi connectivity index (χ2n) is 7.69. The summed E-state index contributed by atoms with van der Waals surface area (Å²) in [6.45, 7) is 0.641. The number of rotatable bonds is 8. The molecule has 1 aliphatic rings. The van der Waals surface area contributed by atoms with Gasteiger partial charge >= 0.3 is 0 Å². The maximum absolute atomic E-state index is 12.9. The van der Waals surface area contributed by atoms with Gasteiger partial charge in [0.1, 0.15) is 0 Å². The Morgan fingerprint density at radius 1 is 1.03 bits per heavy atom. The molecular formula is C25H24ClN5O4. The Hall–Kier alpha value is -4.21. The fourth-order valence-electron chi connectivity index (χ4n) is 3.67. The first-order valence-corrected chi connectivity index (χ1v) is 10.6. The van der Waals surface area contributed by atoms with E-state index in [2.05, 4.69) is 21.3 Å². The lowest BCUT2D eigenvalue weighted by atomic mass is 9.99. The molecule has 0 aliphatic carbocycles. The first-order chi connectivity index (χ1) is 16.5. The van der Waals surface area contributed by atoms with Crippen LogP contribution in [-0.2, 0) is 16.1 Å². The lowest BCUT2D eigenvalue weighted by Crippen LogP contribution is -2.31. The van der Waals surface area contributed by atoms with Gasteiger partial charge in [0.15, 0.2) is 0 Å². The van der Waals surface area contributed by atoms with E-state index in [1.165, 1.54) is 18.2 Å². The molecule has 1 aliphatic heterocycles. The van der Waals surface area contributed by atoms with Gasteiger partial charge in [-0.3, -0.25) is 19.7 Å². The molecule has 35 heavy (non-hydrogen) atoms. The summed E-state index contributed by atoms with van der Waals surface area (Å²) in [5, 5.41) is 23.1. The summed E-state index contributed by atoms with van der Waals surface area (Å²) in [6.07, 6.45) is 0. The zero-order valence-corrected chi connectivity index (χ0v) is 19.6. The molecule has 4 rings (SSSR count). The van der Waals surface area contributed by atoms with Crippen molar-refractivity contribution in [3.05, 3.63) is 99.6 Å². The summed E-state index contributed by atoms with van der Waals surface area (Å²) >= 11 is 0. The molecule has 0 saturated heterocycles. The second kappa shape index (κ2) is 11.3. The van der Waals surface area contributed by atoms with Gasteiger partial charge in [-0.05, 0) is 36.4 Å². The van der Waals surface area contributed by atoms with Gasteiger partial charge in [-0.25, -0.2) is 0 Å². The van der Waals surface area contributed by atoms with Gasteiger partial charge in [-0.1, -0.05) is 42.5 Å². The highest BCUT2D eigenvalue weighted by Gasteiger charge is 2.30. The molecule has 0 saturated carbocycles. The van der Waals surface area contributed by atoms with Crippen LogP contribution >= 0.6 is 12.4 Å². The number of non-ortho nitro benzene ring substituents is 1. The van der Waals surface area contributed by atoms with Crippen molar-refractivity contribution in [2.24, 2.45) is 0 Å². The standard InChI is InChI=1S/C25H23N5O4.ClH/c1-26-15-22(31)27-14-16-7-9-18(10-8-16)28-24(17-5-3-2-4-6-17)23-20-13-19(30(33)34)11-12-21(20)29-25(23)32;/h2-13,26,28H,14-15H2,1H3,(H,27,31)(H,29,32);1H. The average Bonchev–Trinajstić information content (AvgIpc) is 3.17. The van der Waals surface area contributed by atoms with Crippen LogP contribution in [-0.4, -0.2) is 30.3 Å². The molecule has 10 heteroatoms. The molecular weight excluding hydrogens is 470 g/mol. The molecule has 0 fully saturated rings.